The zero-order valence-corrected chi connectivity index (χ0v) is 14.0. The summed E-state index contributed by atoms with van der Waals surface area (Å²) >= 11 is 0. The Balaban J connectivity index is 1.58. The van der Waals surface area contributed by atoms with Gasteiger partial charge in [-0.3, -0.25) is 4.79 Å². The van der Waals surface area contributed by atoms with Gasteiger partial charge in [0.2, 0.25) is 5.91 Å². The Labute approximate surface area is 142 Å². The normalized spacial score (nSPS) is 31.0. The lowest BCUT2D eigenvalue weighted by Crippen LogP contribution is -2.58. The standard InChI is InChI=1S/C19H22N2O3/c1-14-19(7-9-23-14)13-21(8-10-24-19)17(22)18(5-6-18)16-4-2-3-15(11-16)12-20/h2-4,11,14H,5-10,13H2,1H3. The van der Waals surface area contributed by atoms with Crippen molar-refractivity contribution in [2.75, 3.05) is 26.3 Å². The number of hydrogen-bond acceptors (Lipinski definition) is 4. The molecule has 2 saturated heterocycles. The molecule has 4 rings (SSSR count). The quantitative estimate of drug-likeness (QED) is 0.834. The second kappa shape index (κ2) is 5.58. The van der Waals surface area contributed by atoms with E-state index < -0.39 is 5.41 Å². The van der Waals surface area contributed by atoms with Gasteiger partial charge in [0, 0.05) is 19.6 Å². The maximum absolute atomic E-state index is 13.3. The van der Waals surface area contributed by atoms with Crippen molar-refractivity contribution in [3.8, 4) is 6.07 Å². The molecule has 0 N–H and O–H groups in total. The molecule has 1 aromatic rings. The highest BCUT2D eigenvalue weighted by atomic mass is 16.6. The monoisotopic (exact) mass is 326 g/mol. The highest BCUT2D eigenvalue weighted by Crippen LogP contribution is 2.50. The predicted octanol–water partition coefficient (Wildman–Crippen LogP) is 2.00. The van der Waals surface area contributed by atoms with Gasteiger partial charge in [0.1, 0.15) is 5.60 Å². The van der Waals surface area contributed by atoms with Crippen LogP contribution in [-0.4, -0.2) is 48.8 Å². The summed E-state index contributed by atoms with van der Waals surface area (Å²) in [7, 11) is 0. The van der Waals surface area contributed by atoms with Gasteiger partial charge in [0.15, 0.2) is 0 Å². The van der Waals surface area contributed by atoms with Gasteiger partial charge < -0.3 is 14.4 Å². The second-order valence-electron chi connectivity index (χ2n) is 7.18. The van der Waals surface area contributed by atoms with Gasteiger partial charge in [-0.2, -0.15) is 5.26 Å². The summed E-state index contributed by atoms with van der Waals surface area (Å²) in [5, 5.41) is 9.13. The fourth-order valence-corrected chi connectivity index (χ4v) is 4.08. The van der Waals surface area contributed by atoms with Crippen molar-refractivity contribution in [2.24, 2.45) is 0 Å². The van der Waals surface area contributed by atoms with Crippen LogP contribution in [0, 0.1) is 11.3 Å². The summed E-state index contributed by atoms with van der Waals surface area (Å²) in [4.78, 5) is 15.2. The molecule has 2 aliphatic heterocycles. The van der Waals surface area contributed by atoms with Crippen LogP contribution >= 0.6 is 0 Å². The third-order valence-corrected chi connectivity index (χ3v) is 5.83. The fraction of sp³-hybridized carbons (Fsp3) is 0.579. The first-order valence-electron chi connectivity index (χ1n) is 8.65. The van der Waals surface area contributed by atoms with Crippen LogP contribution in [0.3, 0.4) is 0 Å². The number of amides is 1. The average Bonchev–Trinajstić information content (AvgIpc) is 3.36. The molecule has 0 bridgehead atoms. The number of morpholine rings is 1. The van der Waals surface area contributed by atoms with Crippen molar-refractivity contribution in [1.82, 2.24) is 4.90 Å². The molecule has 1 aromatic carbocycles. The maximum Gasteiger partial charge on any atom is 0.233 e. The largest absolute Gasteiger partial charge is 0.375 e. The van der Waals surface area contributed by atoms with Crippen LogP contribution in [0.15, 0.2) is 24.3 Å². The van der Waals surface area contributed by atoms with Crippen LogP contribution in [0.25, 0.3) is 0 Å². The Morgan fingerprint density at radius 2 is 2.17 bits per heavy atom. The summed E-state index contributed by atoms with van der Waals surface area (Å²) < 4.78 is 11.7. The zero-order chi connectivity index (χ0) is 16.8. The van der Waals surface area contributed by atoms with E-state index in [9.17, 15) is 4.79 Å². The molecule has 1 aliphatic carbocycles. The summed E-state index contributed by atoms with van der Waals surface area (Å²) in [5.74, 6) is 0.180. The Kier molecular flexibility index (Phi) is 3.63. The second-order valence-corrected chi connectivity index (χ2v) is 7.18. The lowest BCUT2D eigenvalue weighted by molar-refractivity contribution is -0.161. The molecule has 1 spiro atoms. The van der Waals surface area contributed by atoms with Gasteiger partial charge in [0.05, 0.1) is 36.3 Å². The first-order chi connectivity index (χ1) is 11.6. The minimum absolute atomic E-state index is 0.0187. The number of ether oxygens (including phenoxy) is 2. The number of nitriles is 1. The fourth-order valence-electron chi connectivity index (χ4n) is 4.08. The third kappa shape index (κ3) is 2.33. The van der Waals surface area contributed by atoms with Crippen molar-refractivity contribution in [3.05, 3.63) is 35.4 Å². The maximum atomic E-state index is 13.3. The lowest BCUT2D eigenvalue weighted by atomic mass is 9.90. The molecule has 1 saturated carbocycles. The predicted molar refractivity (Wildman–Crippen MR) is 87.4 cm³/mol. The Morgan fingerprint density at radius 1 is 1.33 bits per heavy atom. The molecule has 24 heavy (non-hydrogen) atoms. The number of rotatable bonds is 2. The molecule has 2 heterocycles. The number of carbonyl (C=O) groups excluding carboxylic acids is 1. The van der Waals surface area contributed by atoms with Crippen molar-refractivity contribution >= 4 is 5.91 Å². The molecule has 3 fully saturated rings. The summed E-state index contributed by atoms with van der Waals surface area (Å²) in [6, 6.07) is 9.66. The van der Waals surface area contributed by atoms with Gasteiger partial charge in [-0.05, 0) is 37.5 Å². The molecule has 1 amide bonds. The minimum atomic E-state index is -0.436. The van der Waals surface area contributed by atoms with E-state index >= 15 is 0 Å². The molecule has 0 radical (unpaired) electrons. The van der Waals surface area contributed by atoms with E-state index in [1.54, 1.807) is 6.07 Å². The van der Waals surface area contributed by atoms with Crippen LogP contribution < -0.4 is 0 Å². The number of nitrogens with zero attached hydrogens (tertiary/aromatic N) is 2. The van der Waals surface area contributed by atoms with Crippen molar-refractivity contribution in [3.63, 3.8) is 0 Å². The van der Waals surface area contributed by atoms with E-state index in [0.29, 0.717) is 31.9 Å². The van der Waals surface area contributed by atoms with E-state index in [2.05, 4.69) is 6.07 Å². The van der Waals surface area contributed by atoms with Gasteiger partial charge in [-0.25, -0.2) is 0 Å². The Morgan fingerprint density at radius 3 is 2.83 bits per heavy atom. The molecule has 0 aromatic heterocycles. The van der Waals surface area contributed by atoms with Crippen molar-refractivity contribution in [2.45, 2.75) is 43.3 Å². The highest BCUT2D eigenvalue weighted by molar-refractivity contribution is 5.91. The number of carbonyl (C=O) groups is 1. The molecule has 2 atom stereocenters. The molecular formula is C19H22N2O3. The topological polar surface area (TPSA) is 62.6 Å². The first kappa shape index (κ1) is 15.6. The minimum Gasteiger partial charge on any atom is -0.375 e. The zero-order valence-electron chi connectivity index (χ0n) is 14.0. The Bertz CT molecular complexity index is 707. The van der Waals surface area contributed by atoms with Crippen molar-refractivity contribution in [1.29, 1.82) is 5.26 Å². The van der Waals surface area contributed by atoms with E-state index in [-0.39, 0.29) is 17.6 Å². The van der Waals surface area contributed by atoms with Crippen LogP contribution in [0.5, 0.6) is 0 Å². The van der Waals surface area contributed by atoms with Gasteiger partial charge >= 0.3 is 0 Å². The SMILES string of the molecule is CC1OCCC12CN(C(=O)C1(c3cccc(C#N)c3)CC1)CCO2. The lowest BCUT2D eigenvalue weighted by Gasteiger charge is -2.43. The van der Waals surface area contributed by atoms with Crippen molar-refractivity contribution < 1.29 is 14.3 Å². The first-order valence-corrected chi connectivity index (χ1v) is 8.65. The van der Waals surface area contributed by atoms with Crippen LogP contribution in [0.4, 0.5) is 0 Å². The molecule has 5 nitrogen and oxygen atoms in total. The van der Waals surface area contributed by atoms with E-state index in [1.807, 2.05) is 30.0 Å². The molecule has 2 unspecified atom stereocenters. The van der Waals surface area contributed by atoms with E-state index in [1.165, 1.54) is 0 Å². The van der Waals surface area contributed by atoms with Gasteiger partial charge in [-0.1, -0.05) is 12.1 Å². The van der Waals surface area contributed by atoms with Crippen LogP contribution in [-0.2, 0) is 19.7 Å². The van der Waals surface area contributed by atoms with Gasteiger partial charge in [-0.15, -0.1) is 0 Å². The summed E-state index contributed by atoms with van der Waals surface area (Å²) in [6.45, 7) is 4.52. The summed E-state index contributed by atoms with van der Waals surface area (Å²) in [6.07, 6.45) is 2.58. The number of hydrogen-bond donors (Lipinski definition) is 0. The average molecular weight is 326 g/mol. The third-order valence-electron chi connectivity index (χ3n) is 5.83. The number of benzene rings is 1. The summed E-state index contributed by atoms with van der Waals surface area (Å²) in [5.41, 5.74) is 0.803. The van der Waals surface area contributed by atoms with Crippen LogP contribution in [0.2, 0.25) is 0 Å². The Hall–Kier alpha value is -1.90. The smallest absolute Gasteiger partial charge is 0.233 e. The molecule has 3 aliphatic rings. The highest BCUT2D eigenvalue weighted by Gasteiger charge is 2.55. The van der Waals surface area contributed by atoms with Crippen LogP contribution in [0.1, 0.15) is 37.3 Å². The molecular weight excluding hydrogens is 304 g/mol. The van der Waals surface area contributed by atoms with Gasteiger partial charge in [0.25, 0.3) is 0 Å². The molecule has 126 valence electrons. The molecule has 5 heteroatoms. The van der Waals surface area contributed by atoms with E-state index in [4.69, 9.17) is 14.7 Å². The van der Waals surface area contributed by atoms with E-state index in [0.717, 1.165) is 24.8 Å².